The molecule has 14 heteroatoms. The Morgan fingerprint density at radius 3 is 2.13 bits per heavy atom. The third-order valence-corrected chi connectivity index (χ3v) is 9.05. The van der Waals surface area contributed by atoms with E-state index in [9.17, 15) is 30.0 Å². The average molecular weight is 489 g/mol. The van der Waals surface area contributed by atoms with Gasteiger partial charge in [-0.05, 0) is 43.4 Å². The molecule has 0 bridgehead atoms. The van der Waals surface area contributed by atoms with Gasteiger partial charge in [0.05, 0.1) is 26.9 Å². The van der Waals surface area contributed by atoms with Crippen LogP contribution in [0.4, 0.5) is 5.69 Å². The Kier molecular flexibility index (Phi) is 6.38. The lowest BCUT2D eigenvalue weighted by atomic mass is 10.3. The van der Waals surface area contributed by atoms with E-state index in [1.807, 2.05) is 0 Å². The number of nitrogens with zero attached hydrogens (tertiary/aromatic N) is 1. The van der Waals surface area contributed by atoms with Gasteiger partial charge in [0.2, 0.25) is 26.0 Å². The highest BCUT2D eigenvalue weighted by atomic mass is 32.2. The third kappa shape index (κ3) is 5.04. The van der Waals surface area contributed by atoms with E-state index < -0.39 is 36.0 Å². The number of benzene rings is 2. The first-order valence-corrected chi connectivity index (χ1v) is 13.3. The summed E-state index contributed by atoms with van der Waals surface area (Å²) in [5.74, 6) is -0.428. The fourth-order valence-corrected chi connectivity index (χ4v) is 6.22. The zero-order valence-corrected chi connectivity index (χ0v) is 18.7. The number of sulfonamides is 3. The predicted octanol–water partition coefficient (Wildman–Crippen LogP) is -0.484. The van der Waals surface area contributed by atoms with Crippen LogP contribution in [0.15, 0.2) is 63.2 Å². The highest BCUT2D eigenvalue weighted by Gasteiger charge is 2.29. The van der Waals surface area contributed by atoms with Crippen molar-refractivity contribution in [3.05, 3.63) is 48.5 Å². The number of carbonyl (C=O) groups excluding carboxylic acids is 1. The first-order valence-electron chi connectivity index (χ1n) is 8.89. The second-order valence-corrected chi connectivity index (χ2v) is 12.0. The molecule has 0 aromatic heterocycles. The Bertz CT molecular complexity index is 1320. The number of hydrogen-bond donors (Lipinski definition) is 3. The van der Waals surface area contributed by atoms with E-state index in [4.69, 9.17) is 0 Å². The summed E-state index contributed by atoms with van der Waals surface area (Å²) in [6.45, 7) is -0.0575. The molecule has 168 valence electrons. The van der Waals surface area contributed by atoms with E-state index >= 15 is 0 Å². The van der Waals surface area contributed by atoms with Crippen LogP contribution in [0.25, 0.3) is 0 Å². The number of amides is 1. The van der Waals surface area contributed by atoms with Crippen molar-refractivity contribution in [2.24, 2.45) is 0 Å². The Labute approximate surface area is 180 Å². The summed E-state index contributed by atoms with van der Waals surface area (Å²) in [6, 6.07) is 9.86. The van der Waals surface area contributed by atoms with E-state index in [2.05, 4.69) is 14.8 Å². The number of anilines is 1. The number of carbonyl (C=O) groups is 1. The van der Waals surface area contributed by atoms with E-state index in [0.717, 1.165) is 16.4 Å². The third-order valence-electron chi connectivity index (χ3n) is 4.42. The number of piperazine rings is 1. The summed E-state index contributed by atoms with van der Waals surface area (Å²) < 4.78 is 80.3. The molecule has 1 amide bonds. The smallest absolute Gasteiger partial charge is 0.261 e. The lowest BCUT2D eigenvalue weighted by Gasteiger charge is -2.26. The number of hydrogen-bond acceptors (Lipinski definition) is 7. The highest BCUT2D eigenvalue weighted by molar-refractivity contribution is 7.93. The van der Waals surface area contributed by atoms with Crippen molar-refractivity contribution in [3.63, 3.8) is 0 Å². The summed E-state index contributed by atoms with van der Waals surface area (Å²) in [4.78, 5) is 10.8. The topological polar surface area (TPSA) is 159 Å². The molecule has 0 atom stereocenters. The molecule has 1 aliphatic heterocycles. The van der Waals surface area contributed by atoms with Crippen LogP contribution < -0.4 is 14.8 Å². The molecule has 0 saturated carbocycles. The van der Waals surface area contributed by atoms with Crippen molar-refractivity contribution in [2.45, 2.75) is 14.7 Å². The molecular weight excluding hydrogens is 468 g/mol. The monoisotopic (exact) mass is 488 g/mol. The van der Waals surface area contributed by atoms with E-state index in [-0.39, 0.29) is 40.0 Å². The molecule has 0 radical (unpaired) electrons. The Morgan fingerprint density at radius 1 is 0.871 bits per heavy atom. The predicted molar refractivity (Wildman–Crippen MR) is 112 cm³/mol. The molecule has 3 rings (SSSR count). The van der Waals surface area contributed by atoms with Crippen molar-refractivity contribution >= 4 is 41.7 Å². The average Bonchev–Trinajstić information content (AvgIpc) is 2.74. The summed E-state index contributed by atoms with van der Waals surface area (Å²) in [5, 5.41) is 2.53. The maximum absolute atomic E-state index is 12.8. The molecule has 2 aromatic carbocycles. The van der Waals surface area contributed by atoms with Crippen LogP contribution in [0.3, 0.4) is 0 Å². The van der Waals surface area contributed by atoms with Crippen LogP contribution in [-0.4, -0.2) is 62.1 Å². The molecule has 11 nitrogen and oxygen atoms in total. The standard InChI is InChI=1S/C17H20N4O7S3/c1-18-29(23,24)14-5-3-6-15(11-14)30(25,26)20-13-4-2-7-16(10-13)31(27,28)21-9-8-19-17(22)12-21/h2-7,10-11,18,20H,8-9,12H2,1H3,(H,19,22). The van der Waals surface area contributed by atoms with Gasteiger partial charge in [-0.25, -0.2) is 30.0 Å². The van der Waals surface area contributed by atoms with Crippen molar-refractivity contribution in [1.82, 2.24) is 14.3 Å². The van der Waals surface area contributed by atoms with Gasteiger partial charge in [0, 0.05) is 13.1 Å². The van der Waals surface area contributed by atoms with Gasteiger partial charge in [-0.1, -0.05) is 12.1 Å². The summed E-state index contributed by atoms with van der Waals surface area (Å²) in [5.41, 5.74) is -0.0376. The zero-order chi connectivity index (χ0) is 22.9. The first kappa shape index (κ1) is 23.1. The van der Waals surface area contributed by atoms with Crippen LogP contribution in [0.5, 0.6) is 0 Å². The summed E-state index contributed by atoms with van der Waals surface area (Å²) in [7, 11) is -10.9. The quantitative estimate of drug-likeness (QED) is 0.474. The van der Waals surface area contributed by atoms with Gasteiger partial charge in [-0.15, -0.1) is 0 Å². The fourth-order valence-electron chi connectivity index (χ4n) is 2.83. The van der Waals surface area contributed by atoms with Gasteiger partial charge in [0.15, 0.2) is 0 Å². The second-order valence-electron chi connectivity index (χ2n) is 6.50. The van der Waals surface area contributed by atoms with Gasteiger partial charge >= 0.3 is 0 Å². The second kappa shape index (κ2) is 8.55. The molecule has 1 aliphatic rings. The zero-order valence-electron chi connectivity index (χ0n) is 16.3. The minimum absolute atomic E-state index is 0.0376. The molecule has 0 aliphatic carbocycles. The van der Waals surface area contributed by atoms with Crippen molar-refractivity contribution in [2.75, 3.05) is 31.4 Å². The Hall–Kier alpha value is -2.52. The molecule has 1 heterocycles. The Morgan fingerprint density at radius 2 is 1.48 bits per heavy atom. The van der Waals surface area contributed by atoms with Crippen molar-refractivity contribution in [1.29, 1.82) is 0 Å². The Balaban J connectivity index is 1.90. The fraction of sp³-hybridized carbons (Fsp3) is 0.235. The van der Waals surface area contributed by atoms with Crippen LogP contribution >= 0.6 is 0 Å². The molecule has 2 aromatic rings. The van der Waals surface area contributed by atoms with Crippen LogP contribution in [0.2, 0.25) is 0 Å². The van der Waals surface area contributed by atoms with E-state index in [1.54, 1.807) is 0 Å². The number of nitrogens with one attached hydrogen (secondary N) is 3. The maximum atomic E-state index is 12.8. The minimum Gasteiger partial charge on any atom is -0.354 e. The first-order chi connectivity index (χ1) is 14.5. The largest absolute Gasteiger partial charge is 0.354 e. The molecule has 1 saturated heterocycles. The van der Waals surface area contributed by atoms with Crippen LogP contribution in [0.1, 0.15) is 0 Å². The van der Waals surface area contributed by atoms with Crippen molar-refractivity contribution < 1.29 is 30.0 Å². The van der Waals surface area contributed by atoms with Crippen LogP contribution in [-0.2, 0) is 34.9 Å². The molecule has 31 heavy (non-hydrogen) atoms. The normalized spacial score (nSPS) is 16.0. The molecular formula is C17H20N4O7S3. The van der Waals surface area contributed by atoms with Gasteiger partial charge in [0.25, 0.3) is 10.0 Å². The van der Waals surface area contributed by atoms with Gasteiger partial charge in [0.1, 0.15) is 0 Å². The van der Waals surface area contributed by atoms with Gasteiger partial charge in [-0.3, -0.25) is 9.52 Å². The molecule has 0 unspecified atom stereocenters. The van der Waals surface area contributed by atoms with Gasteiger partial charge < -0.3 is 5.32 Å². The molecule has 0 spiro atoms. The van der Waals surface area contributed by atoms with E-state index in [0.29, 0.717) is 0 Å². The highest BCUT2D eigenvalue weighted by Crippen LogP contribution is 2.23. The van der Waals surface area contributed by atoms with Crippen LogP contribution in [0, 0.1) is 0 Å². The molecule has 3 N–H and O–H groups in total. The van der Waals surface area contributed by atoms with Crippen molar-refractivity contribution in [3.8, 4) is 0 Å². The van der Waals surface area contributed by atoms with Gasteiger partial charge in [-0.2, -0.15) is 4.31 Å². The van der Waals surface area contributed by atoms with E-state index in [1.165, 1.54) is 43.4 Å². The SMILES string of the molecule is CNS(=O)(=O)c1cccc(S(=O)(=O)Nc2cccc(S(=O)(=O)N3CCNC(=O)C3)c2)c1. The summed E-state index contributed by atoms with van der Waals surface area (Å²) in [6.07, 6.45) is 0. The lowest BCUT2D eigenvalue weighted by molar-refractivity contribution is -0.122. The lowest BCUT2D eigenvalue weighted by Crippen LogP contribution is -2.49. The minimum atomic E-state index is -4.21. The maximum Gasteiger partial charge on any atom is 0.261 e. The summed E-state index contributed by atoms with van der Waals surface area (Å²) >= 11 is 0. The molecule has 1 fully saturated rings. The number of rotatable bonds is 7.